The molecule has 182 valence electrons. The monoisotopic (exact) mass is 482 g/mol. The Morgan fingerprint density at radius 2 is 1.89 bits per heavy atom. The van der Waals surface area contributed by atoms with Gasteiger partial charge in [-0.15, -0.1) is 0 Å². The van der Waals surface area contributed by atoms with E-state index in [-0.39, 0.29) is 30.3 Å². The molecule has 0 bridgehead atoms. The molecule has 0 atom stereocenters. The number of para-hydroxylation sites is 1. The highest BCUT2D eigenvalue weighted by Gasteiger charge is 2.34. The second kappa shape index (κ2) is 9.63. The van der Waals surface area contributed by atoms with Gasteiger partial charge in [-0.25, -0.2) is 18.5 Å². The number of rotatable bonds is 6. The Kier molecular flexibility index (Phi) is 6.61. The lowest BCUT2D eigenvalue weighted by molar-refractivity contribution is 0.0943. The smallest absolute Gasteiger partial charge is 0.338 e. The average molecular weight is 482 g/mol. The third-order valence-electron chi connectivity index (χ3n) is 5.33. The van der Waals surface area contributed by atoms with Gasteiger partial charge >= 0.3 is 12.0 Å². The number of urea groups is 1. The highest BCUT2D eigenvalue weighted by atomic mass is 19.1. The maximum absolute atomic E-state index is 14.7. The van der Waals surface area contributed by atoms with Crippen LogP contribution in [0.5, 0.6) is 6.01 Å². The van der Waals surface area contributed by atoms with E-state index in [2.05, 4.69) is 26.1 Å². The van der Waals surface area contributed by atoms with Crippen LogP contribution >= 0.6 is 0 Å². The van der Waals surface area contributed by atoms with Crippen LogP contribution in [0.3, 0.4) is 0 Å². The van der Waals surface area contributed by atoms with Crippen molar-refractivity contribution in [3.8, 4) is 17.3 Å². The van der Waals surface area contributed by atoms with E-state index in [4.69, 9.17) is 4.84 Å². The first-order valence-electron chi connectivity index (χ1n) is 10.9. The molecule has 0 saturated carbocycles. The van der Waals surface area contributed by atoms with E-state index in [1.807, 2.05) is 20.8 Å². The van der Waals surface area contributed by atoms with Crippen molar-refractivity contribution in [2.24, 2.45) is 0 Å². The standard InChI is InChI=1S/C24H24F2N6O3/c1-12(2)29-22(33)14-9-8-13(3)15(10-14)19-16-11-28-24(34)32(20-17(25)6-5-7-18(20)26)21(16)31-23(30-19)35-27-4/h5-10,12,27H,11H2,1-4H3,(H,28,34)(H,29,33). The molecule has 3 aromatic rings. The first kappa shape index (κ1) is 24.0. The number of aromatic nitrogens is 2. The van der Waals surface area contributed by atoms with Crippen LogP contribution in [-0.2, 0) is 6.54 Å². The molecule has 1 aliphatic rings. The Labute approximate surface area is 200 Å². The molecule has 0 spiro atoms. The number of carbonyl (C=O) groups is 2. The summed E-state index contributed by atoms with van der Waals surface area (Å²) in [6.45, 7) is 5.54. The van der Waals surface area contributed by atoms with Crippen molar-refractivity contribution in [3.05, 3.63) is 64.7 Å². The molecule has 1 aliphatic heterocycles. The Bertz CT molecular complexity index is 1290. The zero-order chi connectivity index (χ0) is 25.3. The molecule has 0 saturated heterocycles. The van der Waals surface area contributed by atoms with Gasteiger partial charge in [0, 0.05) is 29.8 Å². The predicted molar refractivity (Wildman–Crippen MR) is 125 cm³/mol. The third kappa shape index (κ3) is 4.62. The number of hydrogen-bond donors (Lipinski definition) is 3. The Morgan fingerprint density at radius 3 is 2.54 bits per heavy atom. The predicted octanol–water partition coefficient (Wildman–Crippen LogP) is 3.74. The van der Waals surface area contributed by atoms with Crippen LogP contribution in [0, 0.1) is 18.6 Å². The minimum atomic E-state index is -0.937. The van der Waals surface area contributed by atoms with Gasteiger partial charge in [0.05, 0.1) is 12.2 Å². The van der Waals surface area contributed by atoms with Crippen molar-refractivity contribution in [1.29, 1.82) is 0 Å². The van der Waals surface area contributed by atoms with E-state index in [0.29, 0.717) is 22.4 Å². The minimum Gasteiger partial charge on any atom is -0.368 e. The quantitative estimate of drug-likeness (QED) is 0.462. The number of fused-ring (bicyclic) bond motifs is 1. The summed E-state index contributed by atoms with van der Waals surface area (Å²) in [7, 11) is 1.49. The fourth-order valence-corrected chi connectivity index (χ4v) is 3.77. The zero-order valence-corrected chi connectivity index (χ0v) is 19.6. The summed E-state index contributed by atoms with van der Waals surface area (Å²) in [4.78, 5) is 40.3. The van der Waals surface area contributed by atoms with Crippen LogP contribution in [0.4, 0.5) is 25.1 Å². The molecule has 2 heterocycles. The number of nitrogens with one attached hydrogen (secondary N) is 3. The van der Waals surface area contributed by atoms with Crippen LogP contribution < -0.4 is 25.9 Å². The summed E-state index contributed by atoms with van der Waals surface area (Å²) in [5.41, 5.74) is 4.40. The zero-order valence-electron chi connectivity index (χ0n) is 19.6. The number of halogens is 2. The van der Waals surface area contributed by atoms with E-state index in [9.17, 15) is 18.4 Å². The number of aryl methyl sites for hydroxylation is 1. The lowest BCUT2D eigenvalue weighted by Crippen LogP contribution is -2.43. The van der Waals surface area contributed by atoms with Crippen molar-refractivity contribution < 1.29 is 23.2 Å². The molecule has 2 aromatic carbocycles. The second-order valence-corrected chi connectivity index (χ2v) is 8.19. The number of nitrogens with zero attached hydrogens (tertiary/aromatic N) is 3. The second-order valence-electron chi connectivity index (χ2n) is 8.19. The highest BCUT2D eigenvalue weighted by molar-refractivity contribution is 6.02. The number of amides is 3. The minimum absolute atomic E-state index is 0.00222. The van der Waals surface area contributed by atoms with Gasteiger partial charge in [-0.3, -0.25) is 4.79 Å². The summed E-state index contributed by atoms with van der Waals surface area (Å²) in [5.74, 6) is -2.18. The lowest BCUT2D eigenvalue weighted by atomic mass is 9.97. The average Bonchev–Trinajstić information content (AvgIpc) is 2.80. The Balaban J connectivity index is 1.95. The number of hydroxylamine groups is 1. The normalized spacial score (nSPS) is 12.9. The number of benzene rings is 2. The van der Waals surface area contributed by atoms with Gasteiger partial charge in [-0.2, -0.15) is 15.4 Å². The molecular weight excluding hydrogens is 458 g/mol. The van der Waals surface area contributed by atoms with E-state index in [1.54, 1.807) is 18.2 Å². The van der Waals surface area contributed by atoms with Crippen LogP contribution in [0.25, 0.3) is 11.3 Å². The molecule has 3 N–H and O–H groups in total. The van der Waals surface area contributed by atoms with E-state index in [1.165, 1.54) is 13.1 Å². The van der Waals surface area contributed by atoms with Crippen molar-refractivity contribution in [3.63, 3.8) is 0 Å². The van der Waals surface area contributed by atoms with Gasteiger partial charge in [0.15, 0.2) is 5.82 Å². The molecule has 0 fully saturated rings. The molecule has 3 amide bonds. The summed E-state index contributed by atoms with van der Waals surface area (Å²) >= 11 is 0. The Hall–Kier alpha value is -4.12. The van der Waals surface area contributed by atoms with Crippen LogP contribution in [-0.4, -0.2) is 35.0 Å². The van der Waals surface area contributed by atoms with Crippen molar-refractivity contribution in [1.82, 2.24) is 26.1 Å². The maximum Gasteiger partial charge on any atom is 0.338 e. The highest BCUT2D eigenvalue weighted by Crippen LogP contribution is 2.39. The Morgan fingerprint density at radius 1 is 1.17 bits per heavy atom. The molecule has 1 aromatic heterocycles. The third-order valence-corrected chi connectivity index (χ3v) is 5.33. The fraction of sp³-hybridized carbons (Fsp3) is 0.250. The van der Waals surface area contributed by atoms with Gasteiger partial charge in [0.25, 0.3) is 5.91 Å². The van der Waals surface area contributed by atoms with Crippen molar-refractivity contribution in [2.45, 2.75) is 33.4 Å². The molecule has 35 heavy (non-hydrogen) atoms. The van der Waals surface area contributed by atoms with Crippen LogP contribution in [0.2, 0.25) is 0 Å². The lowest BCUT2D eigenvalue weighted by Gasteiger charge is -2.30. The molecular formula is C24H24F2N6O3. The first-order valence-corrected chi connectivity index (χ1v) is 10.9. The van der Waals surface area contributed by atoms with Crippen LogP contribution in [0.15, 0.2) is 36.4 Å². The van der Waals surface area contributed by atoms with E-state index >= 15 is 0 Å². The van der Waals surface area contributed by atoms with Crippen molar-refractivity contribution in [2.75, 3.05) is 11.9 Å². The largest absolute Gasteiger partial charge is 0.368 e. The molecule has 9 nitrogen and oxygen atoms in total. The van der Waals surface area contributed by atoms with Crippen molar-refractivity contribution >= 4 is 23.4 Å². The van der Waals surface area contributed by atoms with Gasteiger partial charge in [-0.1, -0.05) is 12.1 Å². The molecule has 0 aliphatic carbocycles. The molecule has 0 unspecified atom stereocenters. The summed E-state index contributed by atoms with van der Waals surface area (Å²) in [6, 6.07) is 7.44. The fourth-order valence-electron chi connectivity index (χ4n) is 3.77. The van der Waals surface area contributed by atoms with Gasteiger partial charge in [0.2, 0.25) is 0 Å². The van der Waals surface area contributed by atoms with E-state index < -0.39 is 23.4 Å². The SMILES string of the molecule is CNOc1nc(-c2cc(C(=O)NC(C)C)ccc2C)c2c(n1)N(c1c(F)cccc1F)C(=O)NC2. The molecule has 0 radical (unpaired) electrons. The number of hydrogen-bond acceptors (Lipinski definition) is 6. The number of carbonyl (C=O) groups excluding carboxylic acids is 2. The summed E-state index contributed by atoms with van der Waals surface area (Å²) in [5, 5.41) is 5.47. The van der Waals surface area contributed by atoms with Gasteiger partial charge in [0.1, 0.15) is 17.3 Å². The molecule has 11 heteroatoms. The summed E-state index contributed by atoms with van der Waals surface area (Å²) in [6.07, 6.45) is 0. The number of anilines is 2. The van der Waals surface area contributed by atoms with Crippen LogP contribution in [0.1, 0.15) is 35.3 Å². The topological polar surface area (TPSA) is 108 Å². The summed E-state index contributed by atoms with van der Waals surface area (Å²) < 4.78 is 29.4. The van der Waals surface area contributed by atoms with E-state index in [0.717, 1.165) is 22.6 Å². The maximum atomic E-state index is 14.7. The van der Waals surface area contributed by atoms with Gasteiger partial charge in [-0.05, 0) is 50.6 Å². The molecule has 4 rings (SSSR count). The first-order chi connectivity index (χ1) is 16.7. The van der Waals surface area contributed by atoms with Gasteiger partial charge < -0.3 is 15.5 Å².